The number of hydrogen-bond acceptors (Lipinski definition) is 12. The first-order chi connectivity index (χ1) is 21.0. The van der Waals surface area contributed by atoms with E-state index in [-0.39, 0.29) is 39.2 Å². The second kappa shape index (κ2) is 11.8. The van der Waals surface area contributed by atoms with Crippen LogP contribution in [0.2, 0.25) is 0 Å². The SMILES string of the molecule is O=[N+]([O-])c1ccc(Oc2ccc(S(=O)(=O)c3ccc(Oc4c([N+](=O)[O-])cc(C(F)(F)F)cc4[N+](=O)[O-])cc3)cc2)c([N+](=O)[O-])c1. The van der Waals surface area contributed by atoms with Gasteiger partial charge in [0.25, 0.3) is 11.4 Å². The lowest BCUT2D eigenvalue weighted by Crippen LogP contribution is -2.08. The molecule has 0 spiro atoms. The molecule has 0 bridgehead atoms. The zero-order chi connectivity index (χ0) is 33.3. The standard InChI is InChI=1S/C25H13F3N4O12S/c26-25(27,28)14-11-21(31(37)38)24(22(12-14)32(39)40)44-17-4-8-19(9-5-17)45(41,42)18-6-2-16(3-7-18)43-23-10-1-15(29(33)34)13-20(23)30(35)36/h1-13H. The van der Waals surface area contributed by atoms with Gasteiger partial charge >= 0.3 is 23.2 Å². The monoisotopic (exact) mass is 650 g/mol. The van der Waals surface area contributed by atoms with Crippen LogP contribution in [0, 0.1) is 40.5 Å². The van der Waals surface area contributed by atoms with E-state index in [4.69, 9.17) is 9.47 Å². The van der Waals surface area contributed by atoms with E-state index in [1.165, 1.54) is 0 Å². The highest BCUT2D eigenvalue weighted by Crippen LogP contribution is 2.44. The number of nitrogens with zero attached hydrogens (tertiary/aromatic N) is 4. The van der Waals surface area contributed by atoms with Gasteiger partial charge in [0.1, 0.15) is 11.5 Å². The van der Waals surface area contributed by atoms with E-state index < -0.39 is 69.8 Å². The highest BCUT2D eigenvalue weighted by atomic mass is 32.2. The van der Waals surface area contributed by atoms with Crippen LogP contribution in [-0.2, 0) is 16.0 Å². The van der Waals surface area contributed by atoms with Crippen LogP contribution in [0.4, 0.5) is 35.9 Å². The third-order valence-corrected chi connectivity index (χ3v) is 7.62. The molecule has 4 aromatic rings. The summed E-state index contributed by atoms with van der Waals surface area (Å²) in [7, 11) is -4.26. The third-order valence-electron chi connectivity index (χ3n) is 5.84. The summed E-state index contributed by atoms with van der Waals surface area (Å²) < 4.78 is 76.2. The van der Waals surface area contributed by atoms with Crippen molar-refractivity contribution < 1.29 is 50.8 Å². The Morgan fingerprint density at radius 2 is 1.02 bits per heavy atom. The van der Waals surface area contributed by atoms with E-state index in [1.807, 2.05) is 0 Å². The molecule has 0 aliphatic rings. The number of ether oxygens (including phenoxy) is 2. The first-order valence-corrected chi connectivity index (χ1v) is 13.2. The van der Waals surface area contributed by atoms with Crippen LogP contribution in [0.15, 0.2) is 88.7 Å². The van der Waals surface area contributed by atoms with Crippen LogP contribution in [0.1, 0.15) is 5.56 Å². The topological polar surface area (TPSA) is 225 Å². The van der Waals surface area contributed by atoms with Crippen LogP contribution in [0.5, 0.6) is 23.0 Å². The predicted octanol–water partition coefficient (Wildman–Crippen LogP) is 6.76. The van der Waals surface area contributed by atoms with Crippen molar-refractivity contribution in [3.05, 3.63) is 125 Å². The van der Waals surface area contributed by atoms with Gasteiger partial charge in [-0.15, -0.1) is 0 Å². The summed E-state index contributed by atoms with van der Waals surface area (Å²) in [6.45, 7) is 0. The minimum Gasteiger partial charge on any atom is -0.450 e. The first-order valence-electron chi connectivity index (χ1n) is 11.8. The Morgan fingerprint density at radius 1 is 0.578 bits per heavy atom. The van der Waals surface area contributed by atoms with Gasteiger partial charge in [0.05, 0.1) is 41.1 Å². The normalized spacial score (nSPS) is 11.4. The highest BCUT2D eigenvalue weighted by Gasteiger charge is 2.38. The molecule has 20 heteroatoms. The summed E-state index contributed by atoms with van der Waals surface area (Å²) in [5.41, 5.74) is -5.63. The van der Waals surface area contributed by atoms with E-state index in [2.05, 4.69) is 0 Å². The van der Waals surface area contributed by atoms with Gasteiger partial charge in [-0.25, -0.2) is 8.42 Å². The average molecular weight is 650 g/mol. The number of halogens is 3. The van der Waals surface area contributed by atoms with Gasteiger partial charge < -0.3 is 9.47 Å². The van der Waals surface area contributed by atoms with Crippen LogP contribution in [0.25, 0.3) is 0 Å². The molecule has 232 valence electrons. The Bertz CT molecular complexity index is 1930. The van der Waals surface area contributed by atoms with Gasteiger partial charge in [-0.1, -0.05) is 0 Å². The summed E-state index contributed by atoms with van der Waals surface area (Å²) in [5.74, 6) is -1.91. The lowest BCUT2D eigenvalue weighted by atomic mass is 10.1. The number of alkyl halides is 3. The fraction of sp³-hybridized carbons (Fsp3) is 0.0400. The van der Waals surface area contributed by atoms with Crippen molar-refractivity contribution in [2.24, 2.45) is 0 Å². The van der Waals surface area contributed by atoms with Crippen molar-refractivity contribution >= 4 is 32.6 Å². The maximum absolute atomic E-state index is 13.1. The second-order valence-corrected chi connectivity index (χ2v) is 10.6. The molecule has 4 rings (SSSR count). The van der Waals surface area contributed by atoms with E-state index in [0.29, 0.717) is 6.07 Å². The lowest BCUT2D eigenvalue weighted by Gasteiger charge is -2.11. The average Bonchev–Trinajstić information content (AvgIpc) is 2.97. The number of sulfone groups is 1. The fourth-order valence-corrected chi connectivity index (χ4v) is 5.00. The Labute approximate surface area is 247 Å². The molecule has 4 aromatic carbocycles. The molecule has 0 fully saturated rings. The summed E-state index contributed by atoms with van der Waals surface area (Å²) in [6.07, 6.45) is -5.14. The number of nitro groups is 4. The van der Waals surface area contributed by atoms with Gasteiger partial charge in [0.2, 0.25) is 15.6 Å². The van der Waals surface area contributed by atoms with E-state index in [1.54, 1.807) is 0 Å². The molecule has 0 aromatic heterocycles. The molecule has 0 amide bonds. The van der Waals surface area contributed by atoms with Crippen LogP contribution >= 0.6 is 0 Å². The number of nitro benzene ring substituents is 4. The molecule has 0 aliphatic carbocycles. The Kier molecular flexibility index (Phi) is 8.35. The number of hydrogen-bond donors (Lipinski definition) is 0. The van der Waals surface area contributed by atoms with Crippen LogP contribution < -0.4 is 9.47 Å². The quantitative estimate of drug-likeness (QED) is 0.128. The van der Waals surface area contributed by atoms with Crippen molar-refractivity contribution in [3.63, 3.8) is 0 Å². The van der Waals surface area contributed by atoms with Crippen LogP contribution in [-0.4, -0.2) is 28.1 Å². The number of rotatable bonds is 10. The van der Waals surface area contributed by atoms with Crippen molar-refractivity contribution in [2.45, 2.75) is 16.0 Å². The molecule has 0 saturated heterocycles. The maximum atomic E-state index is 13.1. The van der Waals surface area contributed by atoms with Crippen LogP contribution in [0.3, 0.4) is 0 Å². The molecule has 0 radical (unpaired) electrons. The fourth-order valence-electron chi connectivity index (χ4n) is 3.74. The molecule has 0 saturated carbocycles. The van der Waals surface area contributed by atoms with Crippen molar-refractivity contribution in [2.75, 3.05) is 0 Å². The van der Waals surface area contributed by atoms with Gasteiger partial charge in [0, 0.05) is 18.2 Å². The largest absolute Gasteiger partial charge is 0.450 e. The first kappa shape index (κ1) is 31.7. The molecule has 0 N–H and O–H groups in total. The predicted molar refractivity (Wildman–Crippen MR) is 143 cm³/mol. The van der Waals surface area contributed by atoms with Gasteiger partial charge in [0.15, 0.2) is 0 Å². The van der Waals surface area contributed by atoms with Gasteiger partial charge in [-0.2, -0.15) is 13.2 Å². The molecular formula is C25H13F3N4O12S. The lowest BCUT2D eigenvalue weighted by molar-refractivity contribution is -0.396. The van der Waals surface area contributed by atoms with E-state index in [9.17, 15) is 62.0 Å². The van der Waals surface area contributed by atoms with Crippen molar-refractivity contribution in [1.82, 2.24) is 0 Å². The Morgan fingerprint density at radius 3 is 1.42 bits per heavy atom. The number of non-ortho nitro benzene ring substituents is 1. The third kappa shape index (κ3) is 6.74. The molecule has 0 atom stereocenters. The minimum absolute atomic E-state index is 0.0608. The highest BCUT2D eigenvalue weighted by molar-refractivity contribution is 7.91. The summed E-state index contributed by atoms with van der Waals surface area (Å²) >= 11 is 0. The summed E-state index contributed by atoms with van der Waals surface area (Å²) in [6, 6.07) is 11.1. The van der Waals surface area contributed by atoms with Gasteiger partial charge in [-0.05, 0) is 54.6 Å². The zero-order valence-corrected chi connectivity index (χ0v) is 22.6. The smallest absolute Gasteiger partial charge is 0.416 e. The molecule has 0 heterocycles. The van der Waals surface area contributed by atoms with E-state index in [0.717, 1.165) is 60.7 Å². The molecule has 16 nitrogen and oxygen atoms in total. The van der Waals surface area contributed by atoms with E-state index >= 15 is 0 Å². The Balaban J connectivity index is 1.59. The Hall–Kier alpha value is -6.18. The van der Waals surface area contributed by atoms with Crippen molar-refractivity contribution in [1.29, 1.82) is 0 Å². The zero-order valence-electron chi connectivity index (χ0n) is 21.7. The maximum Gasteiger partial charge on any atom is 0.416 e. The molecule has 0 unspecified atom stereocenters. The minimum atomic E-state index is -5.14. The summed E-state index contributed by atoms with van der Waals surface area (Å²) in [4.78, 5) is 40.1. The molecular weight excluding hydrogens is 637 g/mol. The number of benzene rings is 4. The molecule has 0 aliphatic heterocycles. The summed E-state index contributed by atoms with van der Waals surface area (Å²) in [5, 5.41) is 45.0. The second-order valence-electron chi connectivity index (χ2n) is 8.67. The van der Waals surface area contributed by atoms with Crippen molar-refractivity contribution in [3.8, 4) is 23.0 Å². The van der Waals surface area contributed by atoms with Gasteiger partial charge in [-0.3, -0.25) is 40.5 Å². The molecule has 45 heavy (non-hydrogen) atoms.